The van der Waals surface area contributed by atoms with E-state index in [-0.39, 0.29) is 6.42 Å². The topological polar surface area (TPSA) is 37.3 Å². The third kappa shape index (κ3) is 6.23. The molecule has 0 heterocycles. The molecule has 66 valence electrons. The monoisotopic (exact) mass is 176 g/mol. The molecule has 0 rings (SSSR count). The summed E-state index contributed by atoms with van der Waals surface area (Å²) in [6.07, 6.45) is 3.26. The van der Waals surface area contributed by atoms with Crippen molar-refractivity contribution in [1.29, 1.82) is 0 Å². The van der Waals surface area contributed by atoms with E-state index in [1.165, 1.54) is 0 Å². The summed E-state index contributed by atoms with van der Waals surface area (Å²) in [7, 11) is 0. The summed E-state index contributed by atoms with van der Waals surface area (Å²) in [5, 5.41) is 8.40. The molecule has 0 spiro atoms. The molecule has 1 atom stereocenters. The highest BCUT2D eigenvalue weighted by Gasteiger charge is 2.07. The molecule has 0 aromatic carbocycles. The summed E-state index contributed by atoms with van der Waals surface area (Å²) in [6.45, 7) is 2.11. The molecule has 11 heavy (non-hydrogen) atoms. The highest BCUT2D eigenvalue weighted by atomic mass is 32.1. The lowest BCUT2D eigenvalue weighted by Crippen LogP contribution is -2.05. The predicted octanol–water partition coefficient (Wildman–Crippen LogP) is 2.20. The first kappa shape index (κ1) is 10.8. The zero-order valence-corrected chi connectivity index (χ0v) is 7.81. The van der Waals surface area contributed by atoms with E-state index in [1.807, 2.05) is 0 Å². The van der Waals surface area contributed by atoms with Crippen LogP contribution in [0.15, 0.2) is 0 Å². The number of aliphatic carboxylic acids is 1. The predicted molar refractivity (Wildman–Crippen MR) is 49.1 cm³/mol. The van der Waals surface area contributed by atoms with E-state index >= 15 is 0 Å². The Morgan fingerprint density at radius 1 is 1.55 bits per heavy atom. The third-order valence-corrected chi connectivity index (χ3v) is 2.24. The summed E-state index contributed by atoms with van der Waals surface area (Å²) in [4.78, 5) is 10.2. The lowest BCUT2D eigenvalue weighted by molar-refractivity contribution is -0.137. The second-order valence-corrected chi connectivity index (χ2v) is 3.13. The van der Waals surface area contributed by atoms with Crippen LogP contribution in [0.2, 0.25) is 0 Å². The molecule has 0 aromatic rings. The third-order valence-electron chi connectivity index (χ3n) is 1.72. The Bertz CT molecular complexity index is 115. The minimum atomic E-state index is -0.701. The number of rotatable bonds is 6. The Hall–Kier alpha value is -0.180. The molecule has 0 radical (unpaired) electrons. The molecule has 0 aromatic heterocycles. The summed E-state index contributed by atoms with van der Waals surface area (Å²) < 4.78 is 0. The normalized spacial score (nSPS) is 12.9. The van der Waals surface area contributed by atoms with Gasteiger partial charge in [0.05, 0.1) is 0 Å². The van der Waals surface area contributed by atoms with Crippen molar-refractivity contribution in [3.63, 3.8) is 0 Å². The van der Waals surface area contributed by atoms with Gasteiger partial charge in [-0.15, -0.1) is 0 Å². The molecular weight excluding hydrogens is 160 g/mol. The summed E-state index contributed by atoms with van der Waals surface area (Å²) >= 11 is 4.16. The minimum Gasteiger partial charge on any atom is -0.481 e. The van der Waals surface area contributed by atoms with Crippen LogP contribution in [0.4, 0.5) is 0 Å². The maximum Gasteiger partial charge on any atom is 0.303 e. The standard InChI is InChI=1S/C8H16O2S/c1-2-3-7(6-11)4-5-8(9)10/h7,11H,2-6H2,1H3,(H,9,10). The van der Waals surface area contributed by atoms with Gasteiger partial charge in [0.1, 0.15) is 0 Å². The number of hydrogen-bond donors (Lipinski definition) is 2. The molecule has 0 aliphatic rings. The first-order valence-electron chi connectivity index (χ1n) is 4.03. The Labute approximate surface area is 73.4 Å². The van der Waals surface area contributed by atoms with Gasteiger partial charge in [-0.1, -0.05) is 13.3 Å². The molecule has 0 saturated carbocycles. The van der Waals surface area contributed by atoms with Crippen LogP contribution in [0.1, 0.15) is 32.6 Å². The van der Waals surface area contributed by atoms with Gasteiger partial charge in [-0.25, -0.2) is 0 Å². The van der Waals surface area contributed by atoms with E-state index in [0.717, 1.165) is 25.0 Å². The van der Waals surface area contributed by atoms with Crippen molar-refractivity contribution in [3.05, 3.63) is 0 Å². The Morgan fingerprint density at radius 2 is 2.18 bits per heavy atom. The van der Waals surface area contributed by atoms with Crippen molar-refractivity contribution < 1.29 is 9.90 Å². The van der Waals surface area contributed by atoms with Crippen molar-refractivity contribution in [1.82, 2.24) is 0 Å². The number of thiol groups is 1. The van der Waals surface area contributed by atoms with Gasteiger partial charge in [0.2, 0.25) is 0 Å². The summed E-state index contributed by atoms with van der Waals surface area (Å²) in [5.74, 6) is 0.591. The quantitative estimate of drug-likeness (QED) is 0.609. The Balaban J connectivity index is 3.43. The summed E-state index contributed by atoms with van der Waals surface area (Å²) in [5.41, 5.74) is 0. The smallest absolute Gasteiger partial charge is 0.303 e. The fraction of sp³-hybridized carbons (Fsp3) is 0.875. The van der Waals surface area contributed by atoms with Crippen LogP contribution in [-0.2, 0) is 4.79 Å². The van der Waals surface area contributed by atoms with Gasteiger partial charge >= 0.3 is 5.97 Å². The largest absolute Gasteiger partial charge is 0.481 e. The van der Waals surface area contributed by atoms with E-state index in [1.54, 1.807) is 0 Å². The lowest BCUT2D eigenvalue weighted by Gasteiger charge is -2.10. The first-order valence-corrected chi connectivity index (χ1v) is 4.66. The molecule has 2 nitrogen and oxygen atoms in total. The fourth-order valence-electron chi connectivity index (χ4n) is 1.06. The molecule has 0 bridgehead atoms. The van der Waals surface area contributed by atoms with Crippen LogP contribution in [0, 0.1) is 5.92 Å². The Morgan fingerprint density at radius 3 is 2.55 bits per heavy atom. The number of carboxylic acids is 1. The van der Waals surface area contributed by atoms with Gasteiger partial charge in [0.25, 0.3) is 0 Å². The van der Waals surface area contributed by atoms with Gasteiger partial charge in [-0.2, -0.15) is 12.6 Å². The highest BCUT2D eigenvalue weighted by Crippen LogP contribution is 2.14. The van der Waals surface area contributed by atoms with Crippen LogP contribution in [0.3, 0.4) is 0 Å². The maximum absolute atomic E-state index is 10.2. The van der Waals surface area contributed by atoms with E-state index in [4.69, 9.17) is 5.11 Å². The molecule has 0 aliphatic heterocycles. The second-order valence-electron chi connectivity index (χ2n) is 2.77. The van der Waals surface area contributed by atoms with Crippen LogP contribution in [0.25, 0.3) is 0 Å². The minimum absolute atomic E-state index is 0.283. The van der Waals surface area contributed by atoms with E-state index < -0.39 is 5.97 Å². The van der Waals surface area contributed by atoms with Gasteiger partial charge in [0.15, 0.2) is 0 Å². The number of hydrogen-bond acceptors (Lipinski definition) is 2. The van der Waals surface area contributed by atoms with Crippen molar-refractivity contribution >= 4 is 18.6 Å². The molecule has 0 saturated heterocycles. The average molecular weight is 176 g/mol. The highest BCUT2D eigenvalue weighted by molar-refractivity contribution is 7.80. The van der Waals surface area contributed by atoms with E-state index in [0.29, 0.717) is 5.92 Å². The first-order chi connectivity index (χ1) is 5.20. The number of carboxylic acid groups (broad SMARTS) is 1. The lowest BCUT2D eigenvalue weighted by atomic mass is 10.0. The van der Waals surface area contributed by atoms with Gasteiger partial charge in [-0.05, 0) is 24.5 Å². The van der Waals surface area contributed by atoms with Gasteiger partial charge in [0, 0.05) is 6.42 Å². The van der Waals surface area contributed by atoms with E-state index in [9.17, 15) is 4.79 Å². The van der Waals surface area contributed by atoms with Crippen molar-refractivity contribution in [2.24, 2.45) is 5.92 Å². The molecule has 0 fully saturated rings. The molecule has 1 unspecified atom stereocenters. The SMILES string of the molecule is CCCC(CS)CCC(=O)O. The van der Waals surface area contributed by atoms with Crippen LogP contribution in [0.5, 0.6) is 0 Å². The van der Waals surface area contributed by atoms with Crippen molar-refractivity contribution in [2.75, 3.05) is 5.75 Å². The van der Waals surface area contributed by atoms with Crippen LogP contribution in [-0.4, -0.2) is 16.8 Å². The van der Waals surface area contributed by atoms with Crippen molar-refractivity contribution in [2.45, 2.75) is 32.6 Å². The summed E-state index contributed by atoms with van der Waals surface area (Å²) in [6, 6.07) is 0. The van der Waals surface area contributed by atoms with Crippen LogP contribution >= 0.6 is 12.6 Å². The zero-order chi connectivity index (χ0) is 8.69. The van der Waals surface area contributed by atoms with Gasteiger partial charge < -0.3 is 5.11 Å². The maximum atomic E-state index is 10.2. The molecule has 3 heteroatoms. The van der Waals surface area contributed by atoms with E-state index in [2.05, 4.69) is 19.6 Å². The zero-order valence-electron chi connectivity index (χ0n) is 6.92. The molecule has 1 N–H and O–H groups in total. The van der Waals surface area contributed by atoms with Crippen LogP contribution < -0.4 is 0 Å². The molecule has 0 aliphatic carbocycles. The fourth-order valence-corrected chi connectivity index (χ4v) is 1.43. The average Bonchev–Trinajstić information content (AvgIpc) is 1.97. The Kier molecular flexibility index (Phi) is 6.42. The second kappa shape index (κ2) is 6.53. The number of carbonyl (C=O) groups is 1. The molecule has 0 amide bonds. The van der Waals surface area contributed by atoms with Gasteiger partial charge in [-0.3, -0.25) is 4.79 Å². The molecular formula is C8H16O2S. The van der Waals surface area contributed by atoms with Crippen molar-refractivity contribution in [3.8, 4) is 0 Å².